The molecule has 1 rings (SSSR count). The van der Waals surface area contributed by atoms with Gasteiger partial charge in [0, 0.05) is 11.1 Å². The molecule has 0 spiro atoms. The minimum Gasteiger partial charge on any atom is -0.323 e. The molecule has 3 heteroatoms. The second-order valence-electron chi connectivity index (χ2n) is 2.52. The minimum absolute atomic E-state index is 0.228. The maximum Gasteiger partial charge on any atom is 0.0641 e. The molecule has 1 atom stereocenters. The van der Waals surface area contributed by atoms with E-state index >= 15 is 0 Å². The second kappa shape index (κ2) is 4.10. The van der Waals surface area contributed by atoms with E-state index < -0.39 is 0 Å². The van der Waals surface area contributed by atoms with E-state index in [9.17, 15) is 0 Å². The van der Waals surface area contributed by atoms with Gasteiger partial charge in [0.05, 0.1) is 12.5 Å². The topological polar surface area (TPSA) is 49.8 Å². The van der Waals surface area contributed by atoms with E-state index in [1.54, 1.807) is 12.1 Å². The predicted molar refractivity (Wildman–Crippen MR) is 48.6 cm³/mol. The lowest BCUT2D eigenvalue weighted by Gasteiger charge is -2.06. The van der Waals surface area contributed by atoms with Crippen molar-refractivity contribution in [3.63, 3.8) is 0 Å². The number of nitrogens with two attached hydrogens (primary N) is 1. The summed E-state index contributed by atoms with van der Waals surface area (Å²) in [5, 5.41) is 9.06. The van der Waals surface area contributed by atoms with E-state index in [1.807, 2.05) is 18.2 Å². The smallest absolute Gasteiger partial charge is 0.0641 e. The third kappa shape index (κ3) is 2.23. The fourth-order valence-corrected chi connectivity index (χ4v) is 1.15. The second-order valence-corrected chi connectivity index (χ2v) is 2.96. The summed E-state index contributed by atoms with van der Waals surface area (Å²) in [4.78, 5) is 0. The summed E-state index contributed by atoms with van der Waals surface area (Å²) in [7, 11) is 0. The molecule has 62 valence electrons. The van der Waals surface area contributed by atoms with Crippen LogP contribution in [0.2, 0.25) is 5.02 Å². The lowest BCUT2D eigenvalue weighted by atomic mass is 10.1. The van der Waals surface area contributed by atoms with E-state index in [0.29, 0.717) is 11.4 Å². The van der Waals surface area contributed by atoms with Crippen molar-refractivity contribution in [2.45, 2.75) is 12.5 Å². The average Bonchev–Trinajstić information content (AvgIpc) is 2.05. The Balaban J connectivity index is 2.82. The highest BCUT2D eigenvalue weighted by Crippen LogP contribution is 2.17. The lowest BCUT2D eigenvalue weighted by molar-refractivity contribution is 0.748. The van der Waals surface area contributed by atoms with Gasteiger partial charge in [0.25, 0.3) is 0 Å². The van der Waals surface area contributed by atoms with Crippen LogP contribution in [0.25, 0.3) is 0 Å². The first kappa shape index (κ1) is 9.05. The summed E-state index contributed by atoms with van der Waals surface area (Å²) < 4.78 is 0. The molecule has 0 amide bonds. The molecule has 0 bridgehead atoms. The van der Waals surface area contributed by atoms with Gasteiger partial charge in [-0.1, -0.05) is 23.7 Å². The summed E-state index contributed by atoms with van der Waals surface area (Å²) in [6, 6.07) is 9.05. The van der Waals surface area contributed by atoms with Crippen molar-refractivity contribution in [1.29, 1.82) is 5.26 Å². The highest BCUT2D eigenvalue weighted by atomic mass is 35.5. The van der Waals surface area contributed by atoms with Crippen LogP contribution < -0.4 is 5.73 Å². The third-order valence-corrected chi connectivity index (χ3v) is 1.82. The standard InChI is InChI=1S/C9H9ClN2/c10-8-3-1-2-7(6-8)9(12)4-5-11/h1-3,6,9H,4,12H2. The van der Waals surface area contributed by atoms with Gasteiger partial charge in [-0.25, -0.2) is 0 Å². The molecule has 0 fully saturated rings. The van der Waals surface area contributed by atoms with Crippen LogP contribution in [-0.4, -0.2) is 0 Å². The van der Waals surface area contributed by atoms with Crippen LogP contribution in [0, 0.1) is 11.3 Å². The number of rotatable bonds is 2. The molecule has 12 heavy (non-hydrogen) atoms. The fraction of sp³-hybridized carbons (Fsp3) is 0.222. The van der Waals surface area contributed by atoms with Crippen LogP contribution in [-0.2, 0) is 0 Å². The van der Waals surface area contributed by atoms with Crippen LogP contribution in [0.15, 0.2) is 24.3 Å². The first-order chi connectivity index (χ1) is 5.74. The summed E-state index contributed by atoms with van der Waals surface area (Å²) in [5.41, 5.74) is 6.60. The summed E-state index contributed by atoms with van der Waals surface area (Å²) in [6.45, 7) is 0. The third-order valence-electron chi connectivity index (χ3n) is 1.59. The van der Waals surface area contributed by atoms with E-state index in [-0.39, 0.29) is 6.04 Å². The summed E-state index contributed by atoms with van der Waals surface area (Å²) in [5.74, 6) is 0. The molecular formula is C9H9ClN2. The quantitative estimate of drug-likeness (QED) is 0.759. The molecule has 2 N–H and O–H groups in total. The normalized spacial score (nSPS) is 12.1. The van der Waals surface area contributed by atoms with E-state index in [4.69, 9.17) is 22.6 Å². The Morgan fingerprint density at radius 2 is 2.33 bits per heavy atom. The number of nitrogens with zero attached hydrogens (tertiary/aromatic N) is 1. The molecule has 1 unspecified atom stereocenters. The Hall–Kier alpha value is -1.04. The molecule has 1 aromatic rings. The molecule has 0 aliphatic heterocycles. The van der Waals surface area contributed by atoms with Crippen LogP contribution in [0.5, 0.6) is 0 Å². The highest BCUT2D eigenvalue weighted by Gasteiger charge is 2.04. The van der Waals surface area contributed by atoms with E-state index in [1.165, 1.54) is 0 Å². The Morgan fingerprint density at radius 1 is 1.58 bits per heavy atom. The van der Waals surface area contributed by atoms with Gasteiger partial charge < -0.3 is 5.73 Å². The zero-order valence-electron chi connectivity index (χ0n) is 6.50. The minimum atomic E-state index is -0.228. The van der Waals surface area contributed by atoms with E-state index in [0.717, 1.165) is 5.56 Å². The van der Waals surface area contributed by atoms with Crippen molar-refractivity contribution in [2.24, 2.45) is 5.73 Å². The fourth-order valence-electron chi connectivity index (χ4n) is 0.953. The molecule has 0 saturated carbocycles. The number of hydrogen-bond donors (Lipinski definition) is 1. The average molecular weight is 181 g/mol. The van der Waals surface area contributed by atoms with Crippen LogP contribution in [0.3, 0.4) is 0 Å². The van der Waals surface area contributed by atoms with Crippen LogP contribution in [0.1, 0.15) is 18.0 Å². The van der Waals surface area contributed by atoms with Gasteiger partial charge in [-0.15, -0.1) is 0 Å². The highest BCUT2D eigenvalue weighted by molar-refractivity contribution is 6.30. The van der Waals surface area contributed by atoms with Crippen molar-refractivity contribution in [2.75, 3.05) is 0 Å². The van der Waals surface area contributed by atoms with Crippen molar-refractivity contribution in [3.8, 4) is 6.07 Å². The summed E-state index contributed by atoms with van der Waals surface area (Å²) in [6.07, 6.45) is 0.320. The molecule has 0 aromatic heterocycles. The maximum atomic E-state index is 8.40. The molecular weight excluding hydrogens is 172 g/mol. The zero-order chi connectivity index (χ0) is 8.97. The molecule has 2 nitrogen and oxygen atoms in total. The van der Waals surface area contributed by atoms with Crippen molar-refractivity contribution in [1.82, 2.24) is 0 Å². The number of benzene rings is 1. The van der Waals surface area contributed by atoms with Crippen LogP contribution in [0.4, 0.5) is 0 Å². The van der Waals surface area contributed by atoms with Gasteiger partial charge >= 0.3 is 0 Å². The largest absolute Gasteiger partial charge is 0.323 e. The zero-order valence-corrected chi connectivity index (χ0v) is 7.25. The number of nitriles is 1. The molecule has 0 saturated heterocycles. The molecule has 0 radical (unpaired) electrons. The molecule has 1 aromatic carbocycles. The summed E-state index contributed by atoms with van der Waals surface area (Å²) >= 11 is 5.75. The first-order valence-electron chi connectivity index (χ1n) is 3.62. The predicted octanol–water partition coefficient (Wildman–Crippen LogP) is 2.25. The van der Waals surface area contributed by atoms with Crippen LogP contribution >= 0.6 is 11.6 Å². The Kier molecular flexibility index (Phi) is 3.09. The Morgan fingerprint density at radius 3 is 2.92 bits per heavy atom. The molecule has 0 aliphatic carbocycles. The molecule has 0 aliphatic rings. The Bertz CT molecular complexity index is 304. The SMILES string of the molecule is N#CCC(N)c1cccc(Cl)c1. The van der Waals surface area contributed by atoms with Gasteiger partial charge in [0.1, 0.15) is 0 Å². The van der Waals surface area contributed by atoms with Crippen molar-refractivity contribution >= 4 is 11.6 Å². The lowest BCUT2D eigenvalue weighted by Crippen LogP contribution is -2.08. The number of hydrogen-bond acceptors (Lipinski definition) is 2. The van der Waals surface area contributed by atoms with Gasteiger partial charge in [0.15, 0.2) is 0 Å². The first-order valence-corrected chi connectivity index (χ1v) is 4.00. The maximum absolute atomic E-state index is 8.40. The van der Waals surface area contributed by atoms with Gasteiger partial charge in [0.2, 0.25) is 0 Å². The van der Waals surface area contributed by atoms with E-state index in [2.05, 4.69) is 0 Å². The molecule has 0 heterocycles. The van der Waals surface area contributed by atoms with Gasteiger partial charge in [-0.05, 0) is 17.7 Å². The Labute approximate surface area is 76.6 Å². The van der Waals surface area contributed by atoms with Gasteiger partial charge in [-0.2, -0.15) is 5.26 Å². The number of halogens is 1. The van der Waals surface area contributed by atoms with Crippen molar-refractivity contribution < 1.29 is 0 Å². The van der Waals surface area contributed by atoms with Crippen molar-refractivity contribution in [3.05, 3.63) is 34.9 Å². The monoisotopic (exact) mass is 180 g/mol. The van der Waals surface area contributed by atoms with Gasteiger partial charge in [-0.3, -0.25) is 0 Å².